The maximum atomic E-state index is 12.9. The molecule has 0 saturated carbocycles. The fourth-order valence-electron chi connectivity index (χ4n) is 2.69. The molecule has 144 valence electrons. The minimum absolute atomic E-state index is 0.0229. The first-order chi connectivity index (χ1) is 12.7. The minimum Gasteiger partial charge on any atom is -0.483 e. The number of aliphatic hydroxyl groups excluding tert-OH is 1. The number of carboxylic acid groups (broad SMARTS) is 1. The molecule has 0 spiro atoms. The van der Waals surface area contributed by atoms with E-state index in [0.717, 1.165) is 29.0 Å². The number of hydrogen-bond acceptors (Lipinski definition) is 4. The summed E-state index contributed by atoms with van der Waals surface area (Å²) in [6.07, 6.45) is -2.59. The molecule has 0 aliphatic heterocycles. The molecule has 6 nitrogen and oxygen atoms in total. The van der Waals surface area contributed by atoms with Crippen molar-refractivity contribution in [1.82, 2.24) is 14.8 Å². The number of halogens is 3. The molecule has 27 heavy (non-hydrogen) atoms. The topological polar surface area (TPSA) is 88.2 Å². The van der Waals surface area contributed by atoms with Gasteiger partial charge in [-0.3, -0.25) is 9.48 Å². The first-order valence-corrected chi connectivity index (χ1v) is 7.93. The van der Waals surface area contributed by atoms with Gasteiger partial charge in [0.25, 0.3) is 6.47 Å². The van der Waals surface area contributed by atoms with Crippen LogP contribution in [-0.4, -0.2) is 38.1 Å². The Bertz CT molecular complexity index is 952. The zero-order valence-electron chi connectivity index (χ0n) is 14.7. The van der Waals surface area contributed by atoms with Crippen LogP contribution in [0.3, 0.4) is 0 Å². The second kappa shape index (κ2) is 8.17. The number of carbonyl (C=O) groups is 1. The molecule has 0 atom stereocenters. The van der Waals surface area contributed by atoms with Crippen LogP contribution in [0.4, 0.5) is 13.2 Å². The third-order valence-corrected chi connectivity index (χ3v) is 3.89. The predicted molar refractivity (Wildman–Crippen MR) is 93.2 cm³/mol. The van der Waals surface area contributed by atoms with Gasteiger partial charge in [-0.2, -0.15) is 18.3 Å². The molecule has 0 fully saturated rings. The van der Waals surface area contributed by atoms with Gasteiger partial charge in [0.2, 0.25) is 0 Å². The maximum Gasteiger partial charge on any atom is 0.416 e. The number of aromatic nitrogens is 3. The Morgan fingerprint density at radius 1 is 1.22 bits per heavy atom. The molecule has 0 aliphatic carbocycles. The number of alkyl halides is 3. The van der Waals surface area contributed by atoms with E-state index >= 15 is 0 Å². The monoisotopic (exact) mass is 381 g/mol. The van der Waals surface area contributed by atoms with E-state index in [-0.39, 0.29) is 13.1 Å². The molecule has 2 N–H and O–H groups in total. The lowest BCUT2D eigenvalue weighted by Crippen LogP contribution is -2.04. The average Bonchev–Trinajstić information content (AvgIpc) is 2.95. The summed E-state index contributed by atoms with van der Waals surface area (Å²) in [5.74, 6) is 0. The van der Waals surface area contributed by atoms with E-state index in [0.29, 0.717) is 23.1 Å². The Morgan fingerprint density at radius 3 is 2.48 bits per heavy atom. The number of nitrogens with zero attached hydrogens (tertiary/aromatic N) is 3. The van der Waals surface area contributed by atoms with Crippen molar-refractivity contribution in [3.05, 3.63) is 47.3 Å². The van der Waals surface area contributed by atoms with E-state index < -0.39 is 11.7 Å². The summed E-state index contributed by atoms with van der Waals surface area (Å²) in [6.45, 7) is 3.70. The third-order valence-electron chi connectivity index (χ3n) is 3.89. The molecule has 0 unspecified atom stereocenters. The number of benzene rings is 1. The quantitative estimate of drug-likeness (QED) is 0.679. The Balaban J connectivity index is 0.000000817. The van der Waals surface area contributed by atoms with Crippen LogP contribution in [0, 0.1) is 13.8 Å². The van der Waals surface area contributed by atoms with Gasteiger partial charge in [-0.15, -0.1) is 0 Å². The van der Waals surface area contributed by atoms with E-state index in [9.17, 15) is 13.2 Å². The van der Waals surface area contributed by atoms with E-state index in [1.807, 2.05) is 6.92 Å². The van der Waals surface area contributed by atoms with Crippen molar-refractivity contribution in [3.8, 4) is 11.3 Å². The van der Waals surface area contributed by atoms with Crippen molar-refractivity contribution >= 4 is 17.4 Å². The highest BCUT2D eigenvalue weighted by molar-refractivity contribution is 5.85. The molecule has 0 amide bonds. The SMILES string of the molecule is Cc1nn(CCO)cc1-c1cc(C)c2cc(C(F)(F)F)ccc2n1.O=CO. The van der Waals surface area contributed by atoms with Gasteiger partial charge in [0.1, 0.15) is 0 Å². The van der Waals surface area contributed by atoms with E-state index in [1.165, 1.54) is 6.07 Å². The number of rotatable bonds is 3. The van der Waals surface area contributed by atoms with Gasteiger partial charge in [0.05, 0.1) is 35.6 Å². The molecule has 9 heteroatoms. The maximum absolute atomic E-state index is 12.9. The summed E-state index contributed by atoms with van der Waals surface area (Å²) in [4.78, 5) is 12.8. The van der Waals surface area contributed by atoms with Crippen LogP contribution in [0.25, 0.3) is 22.2 Å². The van der Waals surface area contributed by atoms with Gasteiger partial charge in [0, 0.05) is 17.1 Å². The van der Waals surface area contributed by atoms with Crippen molar-refractivity contribution in [2.24, 2.45) is 0 Å². The summed E-state index contributed by atoms with van der Waals surface area (Å²) in [7, 11) is 0. The van der Waals surface area contributed by atoms with Crippen LogP contribution in [0.2, 0.25) is 0 Å². The molecular formula is C18H18F3N3O3. The summed E-state index contributed by atoms with van der Waals surface area (Å²) in [5, 5.41) is 20.7. The third kappa shape index (κ3) is 4.62. The minimum atomic E-state index is -4.37. The molecule has 0 aliphatic rings. The second-order valence-corrected chi connectivity index (χ2v) is 5.77. The number of fused-ring (bicyclic) bond motifs is 1. The van der Waals surface area contributed by atoms with Crippen molar-refractivity contribution in [3.63, 3.8) is 0 Å². The Morgan fingerprint density at radius 2 is 1.89 bits per heavy atom. The van der Waals surface area contributed by atoms with E-state index in [4.69, 9.17) is 15.0 Å². The van der Waals surface area contributed by atoms with Crippen molar-refractivity contribution < 1.29 is 28.2 Å². The van der Waals surface area contributed by atoms with Crippen LogP contribution >= 0.6 is 0 Å². The van der Waals surface area contributed by atoms with Gasteiger partial charge in [-0.05, 0) is 43.7 Å². The van der Waals surface area contributed by atoms with Crippen molar-refractivity contribution in [1.29, 1.82) is 0 Å². The van der Waals surface area contributed by atoms with Crippen molar-refractivity contribution in [2.45, 2.75) is 26.6 Å². The van der Waals surface area contributed by atoms with Gasteiger partial charge in [-0.1, -0.05) is 0 Å². The highest BCUT2D eigenvalue weighted by Crippen LogP contribution is 2.33. The highest BCUT2D eigenvalue weighted by atomic mass is 19.4. The number of aliphatic hydroxyl groups is 1. The number of hydrogen-bond donors (Lipinski definition) is 2. The molecule has 0 saturated heterocycles. The van der Waals surface area contributed by atoms with Crippen LogP contribution < -0.4 is 0 Å². The Kier molecular flexibility index (Phi) is 6.17. The first kappa shape index (κ1) is 20.4. The normalized spacial score (nSPS) is 11.2. The molecule has 3 rings (SSSR count). The van der Waals surface area contributed by atoms with E-state index in [2.05, 4.69) is 10.1 Å². The molecule has 2 aromatic heterocycles. The zero-order valence-corrected chi connectivity index (χ0v) is 14.7. The summed E-state index contributed by atoms with van der Waals surface area (Å²) < 4.78 is 40.2. The molecule has 2 heterocycles. The van der Waals surface area contributed by atoms with Crippen molar-refractivity contribution in [2.75, 3.05) is 6.61 Å². The van der Waals surface area contributed by atoms with Gasteiger partial charge in [-0.25, -0.2) is 4.98 Å². The number of pyridine rings is 1. The highest BCUT2D eigenvalue weighted by Gasteiger charge is 2.30. The number of aryl methyl sites for hydroxylation is 2. The zero-order chi connectivity index (χ0) is 20.2. The molecule has 1 aromatic carbocycles. The first-order valence-electron chi connectivity index (χ1n) is 7.93. The smallest absolute Gasteiger partial charge is 0.416 e. The van der Waals surface area contributed by atoms with Crippen LogP contribution in [0.15, 0.2) is 30.5 Å². The summed E-state index contributed by atoms with van der Waals surface area (Å²) >= 11 is 0. The van der Waals surface area contributed by atoms with Crippen LogP contribution in [0.1, 0.15) is 16.8 Å². The summed E-state index contributed by atoms with van der Waals surface area (Å²) in [6, 6.07) is 5.32. The summed E-state index contributed by atoms with van der Waals surface area (Å²) in [5.41, 5.74) is 2.75. The van der Waals surface area contributed by atoms with E-state index in [1.54, 1.807) is 23.9 Å². The van der Waals surface area contributed by atoms with Gasteiger partial charge < -0.3 is 10.2 Å². The van der Waals surface area contributed by atoms with Crippen LogP contribution in [-0.2, 0) is 17.5 Å². The molecule has 0 radical (unpaired) electrons. The lowest BCUT2D eigenvalue weighted by Gasteiger charge is -2.10. The standard InChI is InChI=1S/C17H16F3N3O.CH2O2/c1-10-7-16(14-9-23(5-6-24)22-11(14)2)21-15-4-3-12(8-13(10)15)17(18,19)20;2-1-3/h3-4,7-9,24H,5-6H2,1-2H3;1H,(H,2,3). The Labute approximate surface area is 152 Å². The fourth-order valence-corrected chi connectivity index (χ4v) is 2.69. The molecular weight excluding hydrogens is 363 g/mol. The van der Waals surface area contributed by atoms with Crippen LogP contribution in [0.5, 0.6) is 0 Å². The van der Waals surface area contributed by atoms with Gasteiger partial charge in [0.15, 0.2) is 0 Å². The molecule has 0 bridgehead atoms. The lowest BCUT2D eigenvalue weighted by molar-refractivity contribution is -0.137. The molecule has 3 aromatic rings. The lowest BCUT2D eigenvalue weighted by atomic mass is 10.0. The average molecular weight is 381 g/mol. The largest absolute Gasteiger partial charge is 0.483 e. The Hall–Kier alpha value is -2.94. The fraction of sp³-hybridized carbons (Fsp3) is 0.278. The second-order valence-electron chi connectivity index (χ2n) is 5.77. The predicted octanol–water partition coefficient (Wildman–Crippen LogP) is 3.43. The van der Waals surface area contributed by atoms with Gasteiger partial charge >= 0.3 is 6.18 Å².